The molecule has 1 aromatic heterocycles. The number of rotatable bonds is 4. The minimum Gasteiger partial charge on any atom is -0.332 e. The SMILES string of the molecule is CCCN1CC(=O)N(Cc2cccc(Cl)n2)CC1=O. The van der Waals surface area contributed by atoms with Crippen molar-refractivity contribution in [3.8, 4) is 0 Å². The molecule has 6 heteroatoms. The molecule has 0 aromatic carbocycles. The van der Waals surface area contributed by atoms with Crippen molar-refractivity contribution >= 4 is 23.4 Å². The van der Waals surface area contributed by atoms with Crippen LogP contribution in [0.2, 0.25) is 5.15 Å². The first-order valence-corrected chi connectivity index (χ1v) is 6.65. The van der Waals surface area contributed by atoms with Crippen LogP contribution in [0.3, 0.4) is 0 Å². The number of pyridine rings is 1. The lowest BCUT2D eigenvalue weighted by atomic mass is 10.2. The molecule has 0 aliphatic carbocycles. The lowest BCUT2D eigenvalue weighted by molar-refractivity contribution is -0.150. The first kappa shape index (κ1) is 13.8. The summed E-state index contributed by atoms with van der Waals surface area (Å²) in [4.78, 5) is 31.1. The van der Waals surface area contributed by atoms with Crippen molar-refractivity contribution in [2.45, 2.75) is 19.9 Å². The van der Waals surface area contributed by atoms with Gasteiger partial charge in [0.05, 0.1) is 18.8 Å². The number of carbonyl (C=O) groups is 2. The van der Waals surface area contributed by atoms with E-state index in [4.69, 9.17) is 11.6 Å². The molecule has 1 saturated heterocycles. The molecule has 2 rings (SSSR count). The second kappa shape index (κ2) is 6.02. The Bertz CT molecular complexity index is 493. The average molecular weight is 282 g/mol. The molecule has 0 bridgehead atoms. The highest BCUT2D eigenvalue weighted by molar-refractivity contribution is 6.29. The maximum atomic E-state index is 12.0. The molecular weight excluding hydrogens is 266 g/mol. The summed E-state index contributed by atoms with van der Waals surface area (Å²) >= 11 is 5.80. The van der Waals surface area contributed by atoms with Crippen LogP contribution in [0.5, 0.6) is 0 Å². The lowest BCUT2D eigenvalue weighted by Gasteiger charge is -2.33. The van der Waals surface area contributed by atoms with Crippen molar-refractivity contribution in [1.82, 2.24) is 14.8 Å². The average Bonchev–Trinajstić information content (AvgIpc) is 2.36. The molecule has 1 aliphatic heterocycles. The molecule has 1 fully saturated rings. The zero-order valence-electron chi connectivity index (χ0n) is 10.8. The van der Waals surface area contributed by atoms with E-state index in [1.807, 2.05) is 6.92 Å². The number of hydrogen-bond acceptors (Lipinski definition) is 3. The van der Waals surface area contributed by atoms with Gasteiger partial charge in [0.15, 0.2) is 0 Å². The van der Waals surface area contributed by atoms with Gasteiger partial charge < -0.3 is 9.80 Å². The zero-order valence-corrected chi connectivity index (χ0v) is 11.6. The summed E-state index contributed by atoms with van der Waals surface area (Å²) in [5.74, 6) is -0.0571. The Morgan fingerprint density at radius 3 is 2.58 bits per heavy atom. The van der Waals surface area contributed by atoms with E-state index >= 15 is 0 Å². The van der Waals surface area contributed by atoms with E-state index in [0.29, 0.717) is 23.9 Å². The van der Waals surface area contributed by atoms with Crippen LogP contribution < -0.4 is 0 Å². The van der Waals surface area contributed by atoms with Crippen molar-refractivity contribution in [1.29, 1.82) is 0 Å². The topological polar surface area (TPSA) is 53.5 Å². The normalized spacial score (nSPS) is 16.1. The number of carbonyl (C=O) groups excluding carboxylic acids is 2. The molecule has 19 heavy (non-hydrogen) atoms. The Morgan fingerprint density at radius 2 is 1.89 bits per heavy atom. The van der Waals surface area contributed by atoms with Gasteiger partial charge in [-0.25, -0.2) is 4.98 Å². The number of aromatic nitrogens is 1. The quantitative estimate of drug-likeness (QED) is 0.782. The number of hydrogen-bond donors (Lipinski definition) is 0. The monoisotopic (exact) mass is 281 g/mol. The van der Waals surface area contributed by atoms with Gasteiger partial charge in [-0.1, -0.05) is 24.6 Å². The first-order valence-electron chi connectivity index (χ1n) is 6.27. The minimum atomic E-state index is -0.0465. The number of nitrogens with zero attached hydrogens (tertiary/aromatic N) is 3. The predicted molar refractivity (Wildman–Crippen MR) is 71.5 cm³/mol. The van der Waals surface area contributed by atoms with E-state index in [2.05, 4.69) is 4.98 Å². The van der Waals surface area contributed by atoms with Crippen LogP contribution in [0.1, 0.15) is 19.0 Å². The second-order valence-corrected chi connectivity index (χ2v) is 4.90. The minimum absolute atomic E-state index is 0.0107. The second-order valence-electron chi connectivity index (χ2n) is 4.52. The van der Waals surface area contributed by atoms with Crippen molar-refractivity contribution in [3.63, 3.8) is 0 Å². The first-order chi connectivity index (χ1) is 9.10. The largest absolute Gasteiger partial charge is 0.332 e. The molecule has 5 nitrogen and oxygen atoms in total. The molecule has 2 amide bonds. The van der Waals surface area contributed by atoms with Gasteiger partial charge in [0.2, 0.25) is 11.8 Å². The van der Waals surface area contributed by atoms with Crippen molar-refractivity contribution in [2.75, 3.05) is 19.6 Å². The van der Waals surface area contributed by atoms with Crippen molar-refractivity contribution in [2.24, 2.45) is 0 Å². The van der Waals surface area contributed by atoms with Crippen LogP contribution in [0.25, 0.3) is 0 Å². The van der Waals surface area contributed by atoms with Gasteiger partial charge in [-0.05, 0) is 18.6 Å². The van der Waals surface area contributed by atoms with Gasteiger partial charge in [0.1, 0.15) is 11.7 Å². The fourth-order valence-electron chi connectivity index (χ4n) is 2.05. The number of halogens is 1. The summed E-state index contributed by atoms with van der Waals surface area (Å²) < 4.78 is 0. The Morgan fingerprint density at radius 1 is 1.21 bits per heavy atom. The summed E-state index contributed by atoms with van der Waals surface area (Å²) in [7, 11) is 0. The smallest absolute Gasteiger partial charge is 0.243 e. The molecule has 1 aliphatic rings. The molecule has 0 saturated carbocycles. The predicted octanol–water partition coefficient (Wildman–Crippen LogP) is 1.32. The van der Waals surface area contributed by atoms with Gasteiger partial charge in [-0.2, -0.15) is 0 Å². The molecule has 2 heterocycles. The highest BCUT2D eigenvalue weighted by Crippen LogP contribution is 2.11. The summed E-state index contributed by atoms with van der Waals surface area (Å²) in [5, 5.41) is 0.390. The third-order valence-corrected chi connectivity index (χ3v) is 3.19. The zero-order chi connectivity index (χ0) is 13.8. The summed E-state index contributed by atoms with van der Waals surface area (Å²) in [5.41, 5.74) is 0.692. The third-order valence-electron chi connectivity index (χ3n) is 2.98. The Hall–Kier alpha value is -1.62. The molecule has 0 unspecified atom stereocenters. The van der Waals surface area contributed by atoms with Crippen LogP contribution in [-0.2, 0) is 16.1 Å². The van der Waals surface area contributed by atoms with E-state index < -0.39 is 0 Å². The number of piperazine rings is 1. The Labute approximate surface area is 117 Å². The maximum absolute atomic E-state index is 12.0. The molecule has 0 radical (unpaired) electrons. The van der Waals surface area contributed by atoms with E-state index in [9.17, 15) is 9.59 Å². The number of amides is 2. The van der Waals surface area contributed by atoms with Gasteiger partial charge in [0.25, 0.3) is 0 Å². The van der Waals surface area contributed by atoms with Crippen molar-refractivity contribution < 1.29 is 9.59 Å². The maximum Gasteiger partial charge on any atom is 0.243 e. The molecule has 0 spiro atoms. The van der Waals surface area contributed by atoms with Gasteiger partial charge in [-0.3, -0.25) is 9.59 Å². The summed E-state index contributed by atoms with van der Waals surface area (Å²) in [6, 6.07) is 5.25. The van der Waals surface area contributed by atoms with Gasteiger partial charge >= 0.3 is 0 Å². The molecular formula is C13H16ClN3O2. The van der Waals surface area contributed by atoms with Crippen LogP contribution in [0.4, 0.5) is 0 Å². The van der Waals surface area contributed by atoms with E-state index in [-0.39, 0.29) is 24.9 Å². The fourth-order valence-corrected chi connectivity index (χ4v) is 2.24. The van der Waals surface area contributed by atoms with Crippen LogP contribution >= 0.6 is 11.6 Å². The lowest BCUT2D eigenvalue weighted by Crippen LogP contribution is -2.53. The van der Waals surface area contributed by atoms with Crippen LogP contribution in [0, 0.1) is 0 Å². The van der Waals surface area contributed by atoms with Gasteiger partial charge in [0, 0.05) is 6.54 Å². The molecule has 0 N–H and O–H groups in total. The highest BCUT2D eigenvalue weighted by atomic mass is 35.5. The van der Waals surface area contributed by atoms with Crippen molar-refractivity contribution in [3.05, 3.63) is 29.0 Å². The fraction of sp³-hybridized carbons (Fsp3) is 0.462. The van der Waals surface area contributed by atoms with E-state index in [1.54, 1.807) is 23.1 Å². The van der Waals surface area contributed by atoms with Gasteiger partial charge in [-0.15, -0.1) is 0 Å². The summed E-state index contributed by atoms with van der Waals surface area (Å²) in [6.45, 7) is 3.22. The third kappa shape index (κ3) is 3.44. The Kier molecular flexibility index (Phi) is 4.37. The highest BCUT2D eigenvalue weighted by Gasteiger charge is 2.29. The van der Waals surface area contributed by atoms with E-state index in [0.717, 1.165) is 6.42 Å². The molecule has 102 valence electrons. The van der Waals surface area contributed by atoms with Crippen LogP contribution in [0.15, 0.2) is 18.2 Å². The summed E-state index contributed by atoms with van der Waals surface area (Å²) in [6.07, 6.45) is 0.856. The Balaban J connectivity index is 2.02. The standard InChI is InChI=1S/C13H16ClN3O2/c1-2-6-16-8-13(19)17(9-12(16)18)7-10-4-3-5-11(14)15-10/h3-5H,2,6-9H2,1H3. The van der Waals surface area contributed by atoms with E-state index in [1.165, 1.54) is 4.90 Å². The van der Waals surface area contributed by atoms with Crippen LogP contribution in [-0.4, -0.2) is 46.2 Å². The molecule has 1 aromatic rings. The molecule has 0 atom stereocenters.